The fourth-order valence-corrected chi connectivity index (χ4v) is 4.55. The molecular weight excluding hydrogens is 496 g/mol. The molecule has 0 amide bonds. The van der Waals surface area contributed by atoms with E-state index in [0.717, 1.165) is 16.7 Å². The van der Waals surface area contributed by atoms with Crippen molar-refractivity contribution in [1.82, 2.24) is 19.6 Å². The summed E-state index contributed by atoms with van der Waals surface area (Å²) in [5, 5.41) is 37.9. The van der Waals surface area contributed by atoms with Gasteiger partial charge in [0.2, 0.25) is 0 Å². The fraction of sp³-hybridized carbons (Fsp3) is 0.538. The molecule has 1 aliphatic heterocycles. The zero-order chi connectivity index (χ0) is 28.2. The SMILES string of the molecule is C=C(C)c1ccc(CC2CN(CC(=O)O)CCN(CC(=O)O)CCN(CC(=O)O)CCN2CC(=O)O)cc1. The number of aliphatic carboxylic acids is 4. The van der Waals surface area contributed by atoms with Crippen LogP contribution in [0, 0.1) is 0 Å². The summed E-state index contributed by atoms with van der Waals surface area (Å²) < 4.78 is 0. The maximum atomic E-state index is 11.8. The highest BCUT2D eigenvalue weighted by Crippen LogP contribution is 2.17. The number of hydrogen-bond acceptors (Lipinski definition) is 8. The van der Waals surface area contributed by atoms with Crippen molar-refractivity contribution in [3.05, 3.63) is 42.0 Å². The molecule has 12 nitrogen and oxygen atoms in total. The Hall–Kier alpha value is -3.32. The summed E-state index contributed by atoms with van der Waals surface area (Å²) in [6.45, 7) is 6.55. The van der Waals surface area contributed by atoms with Gasteiger partial charge in [-0.2, -0.15) is 0 Å². The minimum atomic E-state index is -1.04. The minimum Gasteiger partial charge on any atom is -0.480 e. The molecule has 1 aromatic carbocycles. The van der Waals surface area contributed by atoms with Crippen molar-refractivity contribution < 1.29 is 39.6 Å². The van der Waals surface area contributed by atoms with Gasteiger partial charge in [0, 0.05) is 51.9 Å². The first-order valence-electron chi connectivity index (χ1n) is 12.5. The highest BCUT2D eigenvalue weighted by Gasteiger charge is 2.27. The van der Waals surface area contributed by atoms with Gasteiger partial charge in [-0.05, 0) is 24.5 Å². The van der Waals surface area contributed by atoms with E-state index in [4.69, 9.17) is 0 Å². The molecule has 0 aromatic heterocycles. The molecule has 12 heteroatoms. The maximum Gasteiger partial charge on any atom is 0.317 e. The Bertz CT molecular complexity index is 984. The monoisotopic (exact) mass is 534 g/mol. The van der Waals surface area contributed by atoms with E-state index in [2.05, 4.69) is 6.58 Å². The van der Waals surface area contributed by atoms with Crippen LogP contribution in [0.15, 0.2) is 30.8 Å². The van der Waals surface area contributed by atoms with Crippen LogP contribution in [0.5, 0.6) is 0 Å². The van der Waals surface area contributed by atoms with Crippen LogP contribution in [0.25, 0.3) is 5.57 Å². The Morgan fingerprint density at radius 2 is 1.13 bits per heavy atom. The van der Waals surface area contributed by atoms with Gasteiger partial charge in [-0.15, -0.1) is 0 Å². The summed E-state index contributed by atoms with van der Waals surface area (Å²) in [5.41, 5.74) is 2.82. The zero-order valence-electron chi connectivity index (χ0n) is 21.8. The van der Waals surface area contributed by atoms with Crippen molar-refractivity contribution in [3.63, 3.8) is 0 Å². The lowest BCUT2D eigenvalue weighted by Crippen LogP contribution is -2.53. The molecule has 1 fully saturated rings. The van der Waals surface area contributed by atoms with Gasteiger partial charge in [0.15, 0.2) is 0 Å². The second-order valence-corrected chi connectivity index (χ2v) is 9.67. The van der Waals surface area contributed by atoms with Gasteiger partial charge in [0.1, 0.15) is 0 Å². The highest BCUT2D eigenvalue weighted by atomic mass is 16.4. The Balaban J connectivity index is 2.41. The molecule has 210 valence electrons. The molecule has 0 saturated carbocycles. The summed E-state index contributed by atoms with van der Waals surface area (Å²) in [6.07, 6.45) is 0.442. The number of benzene rings is 1. The minimum absolute atomic E-state index is 0.238. The fourth-order valence-electron chi connectivity index (χ4n) is 4.55. The Morgan fingerprint density at radius 3 is 1.58 bits per heavy atom. The van der Waals surface area contributed by atoms with Gasteiger partial charge in [0.05, 0.1) is 26.2 Å². The molecule has 0 aliphatic carbocycles. The van der Waals surface area contributed by atoms with Gasteiger partial charge in [-0.1, -0.05) is 36.4 Å². The summed E-state index contributed by atoms with van der Waals surface area (Å²) in [5.74, 6) is -4.14. The van der Waals surface area contributed by atoms with Crippen LogP contribution in [0.4, 0.5) is 0 Å². The molecule has 0 radical (unpaired) electrons. The number of rotatable bonds is 11. The van der Waals surface area contributed by atoms with Crippen LogP contribution in [0.1, 0.15) is 18.1 Å². The molecule has 0 spiro atoms. The molecule has 1 saturated heterocycles. The number of carbonyl (C=O) groups is 4. The Labute approximate surface area is 222 Å². The van der Waals surface area contributed by atoms with Crippen molar-refractivity contribution in [3.8, 4) is 0 Å². The van der Waals surface area contributed by atoms with E-state index >= 15 is 0 Å². The summed E-state index contributed by atoms with van der Waals surface area (Å²) in [6, 6.07) is 7.35. The average molecular weight is 535 g/mol. The van der Waals surface area contributed by atoms with Crippen molar-refractivity contribution in [2.24, 2.45) is 0 Å². The zero-order valence-corrected chi connectivity index (χ0v) is 21.8. The van der Waals surface area contributed by atoms with Crippen LogP contribution in [0.2, 0.25) is 0 Å². The lowest BCUT2D eigenvalue weighted by atomic mass is 10.0. The first-order valence-corrected chi connectivity index (χ1v) is 12.5. The first kappa shape index (κ1) is 30.9. The molecule has 1 heterocycles. The third-order valence-electron chi connectivity index (χ3n) is 6.49. The highest BCUT2D eigenvalue weighted by molar-refractivity contribution is 5.70. The van der Waals surface area contributed by atoms with E-state index in [1.165, 1.54) is 0 Å². The smallest absolute Gasteiger partial charge is 0.317 e. The molecule has 1 aromatic rings. The molecule has 2 rings (SSSR count). The summed E-state index contributed by atoms with van der Waals surface area (Å²) >= 11 is 0. The van der Waals surface area contributed by atoms with E-state index < -0.39 is 23.9 Å². The lowest BCUT2D eigenvalue weighted by Gasteiger charge is -2.37. The van der Waals surface area contributed by atoms with Crippen LogP contribution >= 0.6 is 0 Å². The second kappa shape index (κ2) is 15.2. The topological polar surface area (TPSA) is 162 Å². The van der Waals surface area contributed by atoms with E-state index in [0.29, 0.717) is 6.42 Å². The Kier molecular flexibility index (Phi) is 12.3. The molecule has 4 N–H and O–H groups in total. The number of allylic oxidation sites excluding steroid dienone is 1. The van der Waals surface area contributed by atoms with Crippen molar-refractivity contribution in [2.45, 2.75) is 19.4 Å². The third-order valence-corrected chi connectivity index (χ3v) is 6.49. The largest absolute Gasteiger partial charge is 0.480 e. The lowest BCUT2D eigenvalue weighted by molar-refractivity contribution is -0.142. The third kappa shape index (κ3) is 11.4. The summed E-state index contributed by atoms with van der Waals surface area (Å²) in [4.78, 5) is 53.1. The van der Waals surface area contributed by atoms with Crippen LogP contribution in [-0.4, -0.2) is 142 Å². The van der Waals surface area contributed by atoms with Gasteiger partial charge in [0.25, 0.3) is 0 Å². The van der Waals surface area contributed by atoms with Gasteiger partial charge in [-0.3, -0.25) is 38.8 Å². The standard InChI is InChI=1S/C26H38N4O8/c1-19(2)21-5-3-20(4-6-21)13-22-14-29(17-25(35)36)10-9-27(15-23(31)32)7-8-28(16-24(33)34)11-12-30(22)18-26(37)38/h3-6,22H,1,7-18H2,2H3,(H,31,32)(H,33,34)(H,35,36)(H,37,38). The van der Waals surface area contributed by atoms with Crippen LogP contribution in [0.3, 0.4) is 0 Å². The number of carboxylic acid groups (broad SMARTS) is 4. The molecule has 0 bridgehead atoms. The molecule has 38 heavy (non-hydrogen) atoms. The van der Waals surface area contributed by atoms with Crippen molar-refractivity contribution in [1.29, 1.82) is 0 Å². The van der Waals surface area contributed by atoms with E-state index in [9.17, 15) is 39.6 Å². The molecular formula is C26H38N4O8. The summed E-state index contributed by atoms with van der Waals surface area (Å²) in [7, 11) is 0. The molecule has 1 unspecified atom stereocenters. The van der Waals surface area contributed by atoms with E-state index in [1.54, 1.807) is 19.6 Å². The van der Waals surface area contributed by atoms with Gasteiger partial charge >= 0.3 is 23.9 Å². The maximum absolute atomic E-state index is 11.8. The first-order chi connectivity index (χ1) is 17.9. The average Bonchev–Trinajstić information content (AvgIpc) is 2.80. The molecule has 1 aliphatic rings. The van der Waals surface area contributed by atoms with Crippen LogP contribution in [-0.2, 0) is 25.6 Å². The van der Waals surface area contributed by atoms with Gasteiger partial charge < -0.3 is 20.4 Å². The van der Waals surface area contributed by atoms with Crippen molar-refractivity contribution >= 4 is 29.5 Å². The van der Waals surface area contributed by atoms with E-state index in [1.807, 2.05) is 31.2 Å². The van der Waals surface area contributed by atoms with Crippen molar-refractivity contribution in [2.75, 3.05) is 72.0 Å². The number of hydrogen-bond donors (Lipinski definition) is 4. The second-order valence-electron chi connectivity index (χ2n) is 9.67. The van der Waals surface area contributed by atoms with E-state index in [-0.39, 0.29) is 78.0 Å². The predicted octanol–water partition coefficient (Wildman–Crippen LogP) is 0.191. The van der Waals surface area contributed by atoms with Crippen LogP contribution < -0.4 is 0 Å². The molecule has 1 atom stereocenters. The normalized spacial score (nSPS) is 19.2. The van der Waals surface area contributed by atoms with Gasteiger partial charge in [-0.25, -0.2) is 0 Å². The number of nitrogens with zero attached hydrogens (tertiary/aromatic N) is 4. The quantitative estimate of drug-likeness (QED) is 0.305. The predicted molar refractivity (Wildman–Crippen MR) is 140 cm³/mol. The Morgan fingerprint density at radius 1 is 0.711 bits per heavy atom. The number of carboxylic acids is 4.